The lowest BCUT2D eigenvalue weighted by atomic mass is 10.2. The van der Waals surface area contributed by atoms with Crippen LogP contribution in [-0.2, 0) is 4.74 Å². The van der Waals surface area contributed by atoms with E-state index in [1.165, 1.54) is 12.1 Å². The van der Waals surface area contributed by atoms with E-state index in [9.17, 15) is 14.7 Å². The Hall–Kier alpha value is -2.48. The van der Waals surface area contributed by atoms with E-state index in [0.717, 1.165) is 4.90 Å². The van der Waals surface area contributed by atoms with E-state index >= 15 is 0 Å². The minimum Gasteiger partial charge on any atom is -0.508 e. The van der Waals surface area contributed by atoms with Crippen molar-refractivity contribution in [3.63, 3.8) is 0 Å². The molecule has 0 aliphatic carbocycles. The molecule has 0 heterocycles. The van der Waals surface area contributed by atoms with E-state index < -0.39 is 24.0 Å². The zero-order valence-corrected chi connectivity index (χ0v) is 14.4. The zero-order valence-electron chi connectivity index (χ0n) is 14.4. The quantitative estimate of drug-likeness (QED) is 0.707. The van der Waals surface area contributed by atoms with Crippen LogP contribution in [0.3, 0.4) is 0 Å². The van der Waals surface area contributed by atoms with Crippen molar-refractivity contribution in [1.29, 1.82) is 0 Å². The Morgan fingerprint density at radius 1 is 1.29 bits per heavy atom. The summed E-state index contributed by atoms with van der Waals surface area (Å²) in [5.74, 6) is 0.571. The Bertz CT molecular complexity index is 554. The molecule has 134 valence electrons. The lowest BCUT2D eigenvalue weighted by Crippen LogP contribution is -2.51. The molecule has 1 unspecified atom stereocenters. The molecule has 1 rings (SSSR count). The fraction of sp³-hybridized carbons (Fsp3) is 0.500. The molecule has 8 nitrogen and oxygen atoms in total. The number of imide groups is 1. The molecule has 0 fully saturated rings. The number of phenols is 1. The van der Waals surface area contributed by atoms with Crippen LogP contribution in [0.5, 0.6) is 11.5 Å². The van der Waals surface area contributed by atoms with Gasteiger partial charge in [-0.25, -0.2) is 14.5 Å². The molecule has 1 aromatic carbocycles. The maximum absolute atomic E-state index is 12.3. The number of aromatic hydroxyl groups is 1. The van der Waals surface area contributed by atoms with E-state index in [0.29, 0.717) is 5.75 Å². The number of ether oxygens (including phenoxy) is 2. The molecule has 24 heavy (non-hydrogen) atoms. The van der Waals surface area contributed by atoms with E-state index in [1.54, 1.807) is 39.8 Å². The Morgan fingerprint density at radius 3 is 2.38 bits per heavy atom. The van der Waals surface area contributed by atoms with Crippen molar-refractivity contribution in [2.45, 2.75) is 39.5 Å². The third-order valence-electron chi connectivity index (χ3n) is 2.69. The van der Waals surface area contributed by atoms with E-state index in [-0.39, 0.29) is 18.8 Å². The van der Waals surface area contributed by atoms with Crippen LogP contribution in [0.4, 0.5) is 9.59 Å². The standard InChI is InChI=1S/C16H25N3O5/c1-11(23-13-7-5-12(20)6-8-13)18-14(21)19(10-9-17)15(22)24-16(2,3)4/h5-8,11,20H,9-10,17H2,1-4H3,(H,18,21). The molecule has 0 saturated heterocycles. The Morgan fingerprint density at radius 2 is 1.88 bits per heavy atom. The molecule has 4 N–H and O–H groups in total. The number of benzene rings is 1. The molecule has 0 aliphatic rings. The average molecular weight is 339 g/mol. The van der Waals surface area contributed by atoms with Gasteiger partial charge < -0.3 is 25.6 Å². The molecule has 1 atom stereocenters. The summed E-state index contributed by atoms with van der Waals surface area (Å²) in [5.41, 5.74) is 4.73. The highest BCUT2D eigenvalue weighted by Crippen LogP contribution is 2.17. The van der Waals surface area contributed by atoms with Crippen LogP contribution in [-0.4, -0.2) is 47.0 Å². The topological polar surface area (TPSA) is 114 Å². The summed E-state index contributed by atoms with van der Waals surface area (Å²) in [6.45, 7) is 6.87. The second kappa shape index (κ2) is 8.39. The van der Waals surface area contributed by atoms with Crippen molar-refractivity contribution in [1.82, 2.24) is 10.2 Å². The first-order chi connectivity index (χ1) is 11.1. The van der Waals surface area contributed by atoms with Crippen molar-refractivity contribution in [3.05, 3.63) is 24.3 Å². The van der Waals surface area contributed by atoms with Gasteiger partial charge in [-0.3, -0.25) is 0 Å². The Balaban J connectivity index is 2.66. The second-order valence-corrected chi connectivity index (χ2v) is 6.12. The van der Waals surface area contributed by atoms with Gasteiger partial charge in [0.25, 0.3) is 0 Å². The molecule has 0 spiro atoms. The van der Waals surface area contributed by atoms with Gasteiger partial charge >= 0.3 is 12.1 Å². The first kappa shape index (κ1) is 19.6. The number of amides is 3. The molecule has 0 saturated carbocycles. The highest BCUT2D eigenvalue weighted by molar-refractivity contribution is 5.91. The Labute approximate surface area is 141 Å². The van der Waals surface area contributed by atoms with E-state index in [1.807, 2.05) is 0 Å². The number of carbonyl (C=O) groups is 2. The molecule has 8 heteroatoms. The molecule has 0 bridgehead atoms. The van der Waals surface area contributed by atoms with Gasteiger partial charge in [0.05, 0.1) is 0 Å². The van der Waals surface area contributed by atoms with Crippen molar-refractivity contribution in [2.24, 2.45) is 5.73 Å². The first-order valence-corrected chi connectivity index (χ1v) is 7.59. The van der Waals surface area contributed by atoms with Gasteiger partial charge in [0, 0.05) is 13.1 Å². The SMILES string of the molecule is CC(NC(=O)N(CCN)C(=O)OC(C)(C)C)Oc1ccc(O)cc1. The zero-order chi connectivity index (χ0) is 18.3. The van der Waals surface area contributed by atoms with Gasteiger partial charge in [-0.05, 0) is 52.0 Å². The summed E-state index contributed by atoms with van der Waals surface area (Å²) in [6.07, 6.45) is -1.48. The number of phenolic OH excluding ortho intramolecular Hbond substituents is 1. The predicted molar refractivity (Wildman–Crippen MR) is 88.7 cm³/mol. The number of nitrogens with two attached hydrogens (primary N) is 1. The maximum atomic E-state index is 12.3. The minimum absolute atomic E-state index is 0.0205. The largest absolute Gasteiger partial charge is 0.508 e. The van der Waals surface area contributed by atoms with Crippen molar-refractivity contribution in [3.8, 4) is 11.5 Å². The highest BCUT2D eigenvalue weighted by atomic mass is 16.6. The number of nitrogens with zero attached hydrogens (tertiary/aromatic N) is 1. The monoisotopic (exact) mass is 339 g/mol. The molecule has 0 radical (unpaired) electrons. The number of carbonyl (C=O) groups excluding carboxylic acids is 2. The third kappa shape index (κ3) is 6.74. The number of nitrogens with one attached hydrogen (secondary N) is 1. The van der Waals surface area contributed by atoms with Crippen molar-refractivity contribution in [2.75, 3.05) is 13.1 Å². The van der Waals surface area contributed by atoms with Crippen LogP contribution in [0.25, 0.3) is 0 Å². The van der Waals surface area contributed by atoms with Gasteiger partial charge in [0.1, 0.15) is 17.1 Å². The summed E-state index contributed by atoms with van der Waals surface area (Å²) >= 11 is 0. The maximum Gasteiger partial charge on any atom is 0.418 e. The predicted octanol–water partition coefficient (Wildman–Crippen LogP) is 2.02. The Kier molecular flexibility index (Phi) is 6.84. The van der Waals surface area contributed by atoms with Gasteiger partial charge in [-0.1, -0.05) is 0 Å². The van der Waals surface area contributed by atoms with Crippen LogP contribution < -0.4 is 15.8 Å². The minimum atomic E-state index is -0.776. The van der Waals surface area contributed by atoms with Gasteiger partial charge in [0.15, 0.2) is 6.23 Å². The number of rotatable bonds is 5. The van der Waals surface area contributed by atoms with Crippen LogP contribution in [0.15, 0.2) is 24.3 Å². The molecule has 1 aromatic rings. The first-order valence-electron chi connectivity index (χ1n) is 7.59. The number of hydrogen-bond acceptors (Lipinski definition) is 6. The summed E-state index contributed by atoms with van der Waals surface area (Å²) in [5, 5.41) is 11.8. The van der Waals surface area contributed by atoms with E-state index in [2.05, 4.69) is 5.32 Å². The normalized spacial score (nSPS) is 12.2. The lowest BCUT2D eigenvalue weighted by molar-refractivity contribution is 0.0314. The van der Waals surface area contributed by atoms with Crippen LogP contribution >= 0.6 is 0 Å². The summed E-state index contributed by atoms with van der Waals surface area (Å²) in [7, 11) is 0. The average Bonchev–Trinajstić information content (AvgIpc) is 2.45. The smallest absolute Gasteiger partial charge is 0.418 e. The molecular formula is C16H25N3O5. The van der Waals surface area contributed by atoms with Gasteiger partial charge in [-0.2, -0.15) is 0 Å². The third-order valence-corrected chi connectivity index (χ3v) is 2.69. The fourth-order valence-electron chi connectivity index (χ4n) is 1.73. The molecule has 0 aliphatic heterocycles. The summed E-state index contributed by atoms with van der Waals surface area (Å²) in [4.78, 5) is 25.2. The second-order valence-electron chi connectivity index (χ2n) is 6.12. The lowest BCUT2D eigenvalue weighted by Gasteiger charge is -2.27. The van der Waals surface area contributed by atoms with Crippen molar-refractivity contribution >= 4 is 12.1 Å². The van der Waals surface area contributed by atoms with Gasteiger partial charge in [0.2, 0.25) is 0 Å². The number of hydrogen-bond donors (Lipinski definition) is 3. The summed E-state index contributed by atoms with van der Waals surface area (Å²) in [6, 6.07) is 5.38. The highest BCUT2D eigenvalue weighted by Gasteiger charge is 2.27. The van der Waals surface area contributed by atoms with Crippen molar-refractivity contribution < 1.29 is 24.2 Å². The van der Waals surface area contributed by atoms with Crippen LogP contribution in [0.2, 0.25) is 0 Å². The summed E-state index contributed by atoms with van der Waals surface area (Å²) < 4.78 is 10.7. The van der Waals surface area contributed by atoms with Gasteiger partial charge in [-0.15, -0.1) is 0 Å². The molecule has 3 amide bonds. The van der Waals surface area contributed by atoms with E-state index in [4.69, 9.17) is 15.2 Å². The number of urea groups is 1. The fourth-order valence-corrected chi connectivity index (χ4v) is 1.73. The molecule has 0 aromatic heterocycles. The van der Waals surface area contributed by atoms with Crippen LogP contribution in [0.1, 0.15) is 27.7 Å². The molecular weight excluding hydrogens is 314 g/mol. The van der Waals surface area contributed by atoms with Crippen LogP contribution in [0, 0.1) is 0 Å².